The summed E-state index contributed by atoms with van der Waals surface area (Å²) in [5.74, 6) is -0.0775. The molecule has 0 spiro atoms. The number of hydrogen-bond donors (Lipinski definition) is 2. The zero-order valence-corrected chi connectivity index (χ0v) is 10.5. The molecule has 4 nitrogen and oxygen atoms in total. The summed E-state index contributed by atoms with van der Waals surface area (Å²) in [6.45, 7) is 5.81. The zero-order chi connectivity index (χ0) is 12.7. The van der Waals surface area contributed by atoms with E-state index in [1.54, 1.807) is 18.2 Å². The van der Waals surface area contributed by atoms with Crippen LogP contribution in [0.3, 0.4) is 0 Å². The van der Waals surface area contributed by atoms with Gasteiger partial charge in [-0.25, -0.2) is 0 Å². The Bertz CT molecular complexity index is 378. The first-order valence-electron chi connectivity index (χ1n) is 5.87. The molecule has 0 aromatic heterocycles. The van der Waals surface area contributed by atoms with Crippen molar-refractivity contribution < 1.29 is 9.53 Å². The van der Waals surface area contributed by atoms with Crippen LogP contribution in [0.4, 0.5) is 5.69 Å². The van der Waals surface area contributed by atoms with Gasteiger partial charge in [-0.15, -0.1) is 0 Å². The van der Waals surface area contributed by atoms with Gasteiger partial charge in [0.2, 0.25) is 0 Å². The number of nitrogens with one attached hydrogen (secondary N) is 1. The second-order valence-corrected chi connectivity index (χ2v) is 3.83. The maximum atomic E-state index is 11.8. The molecule has 0 radical (unpaired) electrons. The van der Waals surface area contributed by atoms with Gasteiger partial charge in [-0.05, 0) is 38.0 Å². The maximum Gasteiger partial charge on any atom is 0.251 e. The molecule has 0 unspecified atom stereocenters. The molecule has 0 aliphatic heterocycles. The van der Waals surface area contributed by atoms with Crippen molar-refractivity contribution >= 4 is 11.6 Å². The Labute approximate surface area is 102 Å². The van der Waals surface area contributed by atoms with Gasteiger partial charge < -0.3 is 15.8 Å². The highest BCUT2D eigenvalue weighted by Crippen LogP contribution is 2.15. The van der Waals surface area contributed by atoms with Gasteiger partial charge >= 0.3 is 0 Å². The number of hydrogen-bond acceptors (Lipinski definition) is 3. The summed E-state index contributed by atoms with van der Waals surface area (Å²) in [4.78, 5) is 11.8. The van der Waals surface area contributed by atoms with E-state index in [1.807, 2.05) is 13.8 Å². The van der Waals surface area contributed by atoms with Crippen LogP contribution in [0.5, 0.6) is 0 Å². The molecule has 1 amide bonds. The monoisotopic (exact) mass is 236 g/mol. The van der Waals surface area contributed by atoms with Crippen molar-refractivity contribution in [2.24, 2.45) is 0 Å². The molecule has 0 aliphatic carbocycles. The minimum atomic E-state index is -0.0775. The molecule has 0 heterocycles. The van der Waals surface area contributed by atoms with Crippen LogP contribution in [0.15, 0.2) is 18.2 Å². The van der Waals surface area contributed by atoms with E-state index in [1.165, 1.54) is 0 Å². The number of nitrogens with two attached hydrogens (primary N) is 1. The Kier molecular flexibility index (Phi) is 5.49. The van der Waals surface area contributed by atoms with Crippen LogP contribution < -0.4 is 11.1 Å². The maximum absolute atomic E-state index is 11.8. The fourth-order valence-electron chi connectivity index (χ4n) is 1.52. The van der Waals surface area contributed by atoms with Gasteiger partial charge in [0, 0.05) is 31.0 Å². The lowest BCUT2D eigenvalue weighted by Crippen LogP contribution is -2.26. The van der Waals surface area contributed by atoms with Crippen LogP contribution >= 0.6 is 0 Å². The second kappa shape index (κ2) is 6.91. The highest BCUT2D eigenvalue weighted by Gasteiger charge is 2.09. The molecule has 1 aromatic rings. The number of anilines is 1. The van der Waals surface area contributed by atoms with Gasteiger partial charge in [-0.2, -0.15) is 0 Å². The van der Waals surface area contributed by atoms with E-state index in [2.05, 4.69) is 5.32 Å². The van der Waals surface area contributed by atoms with Crippen molar-refractivity contribution in [3.05, 3.63) is 29.3 Å². The van der Waals surface area contributed by atoms with Crippen molar-refractivity contribution in [1.82, 2.24) is 5.32 Å². The van der Waals surface area contributed by atoms with Crippen molar-refractivity contribution in [2.75, 3.05) is 25.5 Å². The highest BCUT2D eigenvalue weighted by atomic mass is 16.5. The lowest BCUT2D eigenvalue weighted by atomic mass is 10.1. The Hall–Kier alpha value is -1.55. The van der Waals surface area contributed by atoms with E-state index >= 15 is 0 Å². The van der Waals surface area contributed by atoms with Gasteiger partial charge in [-0.1, -0.05) is 6.07 Å². The summed E-state index contributed by atoms with van der Waals surface area (Å²) >= 11 is 0. The van der Waals surface area contributed by atoms with Crippen LogP contribution in [0.1, 0.15) is 29.3 Å². The minimum Gasteiger partial charge on any atom is -0.398 e. The van der Waals surface area contributed by atoms with Crippen molar-refractivity contribution in [2.45, 2.75) is 20.3 Å². The van der Waals surface area contributed by atoms with Crippen LogP contribution in [0, 0.1) is 6.92 Å². The van der Waals surface area contributed by atoms with Crippen molar-refractivity contribution in [3.63, 3.8) is 0 Å². The third kappa shape index (κ3) is 4.07. The minimum absolute atomic E-state index is 0.0775. The molecular weight excluding hydrogens is 216 g/mol. The van der Waals surface area contributed by atoms with Crippen LogP contribution in [-0.4, -0.2) is 25.7 Å². The Morgan fingerprint density at radius 2 is 2.24 bits per heavy atom. The summed E-state index contributed by atoms with van der Waals surface area (Å²) in [5.41, 5.74) is 7.87. The molecule has 1 aromatic carbocycles. The highest BCUT2D eigenvalue weighted by molar-refractivity contribution is 5.96. The molecule has 4 heteroatoms. The Balaban J connectivity index is 2.44. The van der Waals surface area contributed by atoms with Crippen LogP contribution in [-0.2, 0) is 4.74 Å². The number of nitrogen functional groups attached to an aromatic ring is 1. The summed E-state index contributed by atoms with van der Waals surface area (Å²) in [6.07, 6.45) is 0.820. The lowest BCUT2D eigenvalue weighted by molar-refractivity contribution is 0.0943. The van der Waals surface area contributed by atoms with E-state index in [-0.39, 0.29) is 5.91 Å². The van der Waals surface area contributed by atoms with Crippen molar-refractivity contribution in [3.8, 4) is 0 Å². The SMILES string of the molecule is CCOCCCNC(=O)c1cccc(N)c1C. The molecule has 3 N–H and O–H groups in total. The fourth-order valence-corrected chi connectivity index (χ4v) is 1.52. The summed E-state index contributed by atoms with van der Waals surface area (Å²) in [5, 5.41) is 2.85. The average Bonchev–Trinajstić information content (AvgIpc) is 2.32. The third-order valence-electron chi connectivity index (χ3n) is 2.58. The van der Waals surface area contributed by atoms with Gasteiger partial charge in [0.25, 0.3) is 5.91 Å². The van der Waals surface area contributed by atoms with E-state index in [9.17, 15) is 4.79 Å². The van der Waals surface area contributed by atoms with Crippen LogP contribution in [0.2, 0.25) is 0 Å². The fraction of sp³-hybridized carbons (Fsp3) is 0.462. The molecule has 0 saturated carbocycles. The van der Waals surface area contributed by atoms with Gasteiger partial charge in [0.05, 0.1) is 0 Å². The number of amides is 1. The molecule has 0 fully saturated rings. The molecule has 0 aliphatic rings. The standard InChI is InChI=1S/C13H20N2O2/c1-3-17-9-5-8-15-13(16)11-6-4-7-12(14)10(11)2/h4,6-7H,3,5,8-9,14H2,1-2H3,(H,15,16). The predicted octanol–water partition coefficient (Wildman–Crippen LogP) is 1.73. The zero-order valence-electron chi connectivity index (χ0n) is 10.5. The summed E-state index contributed by atoms with van der Waals surface area (Å²) in [6, 6.07) is 5.36. The quantitative estimate of drug-likeness (QED) is 0.584. The average molecular weight is 236 g/mol. The van der Waals surface area contributed by atoms with E-state index in [4.69, 9.17) is 10.5 Å². The lowest BCUT2D eigenvalue weighted by Gasteiger charge is -2.09. The van der Waals surface area contributed by atoms with E-state index < -0.39 is 0 Å². The first-order valence-corrected chi connectivity index (χ1v) is 5.87. The van der Waals surface area contributed by atoms with Gasteiger partial charge in [0.1, 0.15) is 0 Å². The van der Waals surface area contributed by atoms with E-state index in [0.717, 1.165) is 12.0 Å². The van der Waals surface area contributed by atoms with E-state index in [0.29, 0.717) is 31.0 Å². The molecule has 0 saturated heterocycles. The molecule has 94 valence electrons. The number of rotatable bonds is 6. The van der Waals surface area contributed by atoms with Crippen molar-refractivity contribution in [1.29, 1.82) is 0 Å². The second-order valence-electron chi connectivity index (χ2n) is 3.83. The number of carbonyl (C=O) groups is 1. The first-order chi connectivity index (χ1) is 8.16. The smallest absolute Gasteiger partial charge is 0.251 e. The van der Waals surface area contributed by atoms with Crippen LogP contribution in [0.25, 0.3) is 0 Å². The first kappa shape index (κ1) is 13.5. The normalized spacial score (nSPS) is 10.2. The molecule has 17 heavy (non-hydrogen) atoms. The largest absolute Gasteiger partial charge is 0.398 e. The van der Waals surface area contributed by atoms with Gasteiger partial charge in [0.15, 0.2) is 0 Å². The summed E-state index contributed by atoms with van der Waals surface area (Å²) < 4.78 is 5.19. The molecular formula is C13H20N2O2. The Morgan fingerprint density at radius 3 is 2.94 bits per heavy atom. The third-order valence-corrected chi connectivity index (χ3v) is 2.58. The molecule has 1 rings (SSSR count). The number of benzene rings is 1. The number of carbonyl (C=O) groups excluding carboxylic acids is 1. The number of ether oxygens (including phenoxy) is 1. The molecule has 0 atom stereocenters. The Morgan fingerprint density at radius 1 is 1.47 bits per heavy atom. The van der Waals surface area contributed by atoms with Gasteiger partial charge in [-0.3, -0.25) is 4.79 Å². The summed E-state index contributed by atoms with van der Waals surface area (Å²) in [7, 11) is 0. The molecule has 0 bridgehead atoms. The topological polar surface area (TPSA) is 64.3 Å². The predicted molar refractivity (Wildman–Crippen MR) is 69.0 cm³/mol.